The predicted molar refractivity (Wildman–Crippen MR) is 171 cm³/mol. The molecule has 0 spiro atoms. The van der Waals surface area contributed by atoms with E-state index >= 15 is 0 Å². The van der Waals surface area contributed by atoms with Gasteiger partial charge in [0.15, 0.2) is 0 Å². The number of anilines is 1. The molecule has 43 heavy (non-hydrogen) atoms. The van der Waals surface area contributed by atoms with Crippen molar-refractivity contribution in [1.29, 1.82) is 0 Å². The molecule has 1 fully saturated rings. The zero-order chi connectivity index (χ0) is 30.4. The van der Waals surface area contributed by atoms with Gasteiger partial charge in [-0.3, -0.25) is 0 Å². The summed E-state index contributed by atoms with van der Waals surface area (Å²) in [4.78, 5) is 16.7. The van der Waals surface area contributed by atoms with E-state index in [2.05, 4.69) is 55.2 Å². The highest BCUT2D eigenvalue weighted by atomic mass is 32.2. The van der Waals surface area contributed by atoms with Crippen molar-refractivity contribution < 1.29 is 14.2 Å². The molecule has 1 unspecified atom stereocenters. The number of piperidine rings is 1. The SMILES string of the molecule is CC(C)SCCOCn1c(C2(O)CCN(C)CC2)nc(-c2ccnc(NC(C)c3ccccc3)n2)c1-c1ccc(F)cc1. The van der Waals surface area contributed by atoms with Gasteiger partial charge in [-0.25, -0.2) is 19.3 Å². The Hall–Kier alpha value is -3.31. The first kappa shape index (κ1) is 31.1. The normalized spacial score (nSPS) is 16.0. The summed E-state index contributed by atoms with van der Waals surface area (Å²) in [6.45, 7) is 8.64. The number of rotatable bonds is 12. The molecule has 2 aromatic carbocycles. The molecular formula is C33H41FN6O2S. The maximum absolute atomic E-state index is 14.1. The standard InChI is InChI=1S/C33H41FN6O2S/c1-23(2)43-21-20-42-22-40-30(26-10-12-27(34)13-11-26)29(38-31(40)33(41)15-18-39(4)19-16-33)28-14-17-35-32(37-28)36-24(3)25-8-6-5-7-9-25/h5-14,17,23-24,41H,15-16,18-22H2,1-4H3,(H,35,36,37). The zero-order valence-corrected chi connectivity index (χ0v) is 26.1. The number of halogens is 1. The lowest BCUT2D eigenvalue weighted by atomic mass is 9.90. The summed E-state index contributed by atoms with van der Waals surface area (Å²) in [5.74, 6) is 1.54. The van der Waals surface area contributed by atoms with Gasteiger partial charge in [-0.15, -0.1) is 0 Å². The summed E-state index contributed by atoms with van der Waals surface area (Å²) in [6.07, 6.45) is 2.79. The first-order chi connectivity index (χ1) is 20.7. The summed E-state index contributed by atoms with van der Waals surface area (Å²) in [6, 6.07) is 18.3. The van der Waals surface area contributed by atoms with Crippen molar-refractivity contribution >= 4 is 17.7 Å². The van der Waals surface area contributed by atoms with E-state index in [1.807, 2.05) is 40.6 Å². The van der Waals surface area contributed by atoms with Crippen molar-refractivity contribution in [2.45, 2.75) is 57.2 Å². The third-order valence-corrected chi connectivity index (χ3v) is 8.83. The molecule has 3 heterocycles. The fraction of sp³-hybridized carbons (Fsp3) is 0.424. The van der Waals surface area contributed by atoms with Crippen molar-refractivity contribution in [3.8, 4) is 22.6 Å². The van der Waals surface area contributed by atoms with Crippen molar-refractivity contribution in [3.05, 3.63) is 84.1 Å². The summed E-state index contributed by atoms with van der Waals surface area (Å²) in [5.41, 5.74) is 2.64. The maximum atomic E-state index is 14.1. The Kier molecular flexibility index (Phi) is 10.1. The summed E-state index contributed by atoms with van der Waals surface area (Å²) >= 11 is 1.84. The van der Waals surface area contributed by atoms with Crippen molar-refractivity contribution in [2.75, 3.05) is 37.8 Å². The Morgan fingerprint density at radius 1 is 1.02 bits per heavy atom. The van der Waals surface area contributed by atoms with Crippen molar-refractivity contribution in [3.63, 3.8) is 0 Å². The quantitative estimate of drug-likeness (QED) is 0.181. The second-order valence-electron chi connectivity index (χ2n) is 11.4. The molecule has 1 saturated heterocycles. The molecular weight excluding hydrogens is 563 g/mol. The number of hydrogen-bond acceptors (Lipinski definition) is 8. The number of imidazole rings is 1. The van der Waals surface area contributed by atoms with Gasteiger partial charge in [0.2, 0.25) is 5.95 Å². The minimum absolute atomic E-state index is 0.0156. The molecule has 228 valence electrons. The summed E-state index contributed by atoms with van der Waals surface area (Å²) < 4.78 is 22.2. The van der Waals surface area contributed by atoms with Gasteiger partial charge in [-0.1, -0.05) is 44.2 Å². The highest BCUT2D eigenvalue weighted by molar-refractivity contribution is 7.99. The fourth-order valence-corrected chi connectivity index (χ4v) is 5.99. The Labute approximate surface area is 257 Å². The number of aliphatic hydroxyl groups is 1. The van der Waals surface area contributed by atoms with Crippen LogP contribution in [-0.4, -0.2) is 67.3 Å². The van der Waals surface area contributed by atoms with Crippen molar-refractivity contribution in [1.82, 2.24) is 24.4 Å². The molecule has 1 aliphatic heterocycles. The first-order valence-corrected chi connectivity index (χ1v) is 15.9. The lowest BCUT2D eigenvalue weighted by molar-refractivity contribution is -0.0356. The van der Waals surface area contributed by atoms with Crippen LogP contribution in [0.3, 0.4) is 0 Å². The Morgan fingerprint density at radius 2 is 1.74 bits per heavy atom. The van der Waals surface area contributed by atoms with Crippen LogP contribution in [0, 0.1) is 5.82 Å². The highest BCUT2D eigenvalue weighted by Gasteiger charge is 2.39. The van der Waals surface area contributed by atoms with Crippen LogP contribution in [0.2, 0.25) is 0 Å². The van der Waals surface area contributed by atoms with E-state index in [0.29, 0.717) is 47.9 Å². The van der Waals surface area contributed by atoms with Crippen LogP contribution in [0.4, 0.5) is 10.3 Å². The highest BCUT2D eigenvalue weighted by Crippen LogP contribution is 2.39. The zero-order valence-electron chi connectivity index (χ0n) is 25.3. The monoisotopic (exact) mass is 604 g/mol. The van der Waals surface area contributed by atoms with Crippen LogP contribution in [0.25, 0.3) is 22.6 Å². The molecule has 8 nitrogen and oxygen atoms in total. The topological polar surface area (TPSA) is 88.3 Å². The Balaban J connectivity index is 1.57. The lowest BCUT2D eigenvalue weighted by Crippen LogP contribution is -2.42. The molecule has 10 heteroatoms. The van der Waals surface area contributed by atoms with Crippen LogP contribution in [0.1, 0.15) is 51.0 Å². The number of thioether (sulfide) groups is 1. The van der Waals surface area contributed by atoms with Gasteiger partial charge in [0, 0.05) is 30.6 Å². The summed E-state index contributed by atoms with van der Waals surface area (Å²) in [7, 11) is 2.06. The molecule has 0 saturated carbocycles. The molecule has 0 amide bonds. The van der Waals surface area contributed by atoms with E-state index in [9.17, 15) is 9.50 Å². The van der Waals surface area contributed by atoms with Crippen LogP contribution < -0.4 is 5.32 Å². The van der Waals surface area contributed by atoms with Gasteiger partial charge < -0.3 is 24.6 Å². The smallest absolute Gasteiger partial charge is 0.223 e. The third-order valence-electron chi connectivity index (χ3n) is 7.76. The average Bonchev–Trinajstić information content (AvgIpc) is 3.39. The molecule has 0 radical (unpaired) electrons. The minimum atomic E-state index is -1.15. The number of likely N-dealkylation sites (tertiary alicyclic amines) is 1. The predicted octanol–water partition coefficient (Wildman–Crippen LogP) is 6.35. The molecule has 0 aliphatic carbocycles. The molecule has 1 atom stereocenters. The largest absolute Gasteiger partial charge is 0.382 e. The molecule has 2 N–H and O–H groups in total. The van der Waals surface area contributed by atoms with E-state index in [0.717, 1.165) is 35.7 Å². The van der Waals surface area contributed by atoms with Gasteiger partial charge in [0.1, 0.15) is 29.7 Å². The van der Waals surface area contributed by atoms with Crippen LogP contribution in [0.5, 0.6) is 0 Å². The van der Waals surface area contributed by atoms with E-state index < -0.39 is 5.60 Å². The lowest BCUT2D eigenvalue weighted by Gasteiger charge is -2.36. The number of ether oxygens (including phenoxy) is 1. The third kappa shape index (κ3) is 7.62. The average molecular weight is 605 g/mol. The second kappa shape index (κ2) is 14.0. The molecule has 1 aliphatic rings. The Bertz CT molecular complexity index is 1470. The van der Waals surface area contributed by atoms with Crippen LogP contribution in [0.15, 0.2) is 66.9 Å². The van der Waals surface area contributed by atoms with E-state index in [1.165, 1.54) is 12.1 Å². The fourth-order valence-electron chi connectivity index (χ4n) is 5.30. The molecule has 4 aromatic rings. The number of hydrogen-bond donors (Lipinski definition) is 2. The van der Waals surface area contributed by atoms with Gasteiger partial charge in [-0.05, 0) is 68.0 Å². The molecule has 0 bridgehead atoms. The molecule has 5 rings (SSSR count). The van der Waals surface area contributed by atoms with E-state index in [-0.39, 0.29) is 18.6 Å². The van der Waals surface area contributed by atoms with Crippen LogP contribution >= 0.6 is 11.8 Å². The molecule has 2 aromatic heterocycles. The second-order valence-corrected chi connectivity index (χ2v) is 13.1. The van der Waals surface area contributed by atoms with E-state index in [1.54, 1.807) is 18.3 Å². The number of nitrogens with zero attached hydrogens (tertiary/aromatic N) is 5. The maximum Gasteiger partial charge on any atom is 0.223 e. The van der Waals surface area contributed by atoms with Gasteiger partial charge >= 0.3 is 0 Å². The van der Waals surface area contributed by atoms with Gasteiger partial charge in [0.05, 0.1) is 24.0 Å². The number of aromatic nitrogens is 4. The van der Waals surface area contributed by atoms with Crippen LogP contribution in [-0.2, 0) is 17.1 Å². The Morgan fingerprint density at radius 3 is 2.44 bits per heavy atom. The number of nitrogens with one attached hydrogen (secondary N) is 1. The minimum Gasteiger partial charge on any atom is -0.382 e. The van der Waals surface area contributed by atoms with Crippen molar-refractivity contribution in [2.24, 2.45) is 0 Å². The number of benzene rings is 2. The summed E-state index contributed by atoms with van der Waals surface area (Å²) in [5, 5.41) is 15.9. The van der Waals surface area contributed by atoms with Gasteiger partial charge in [0.25, 0.3) is 0 Å². The first-order valence-electron chi connectivity index (χ1n) is 14.9. The van der Waals surface area contributed by atoms with Gasteiger partial charge in [-0.2, -0.15) is 11.8 Å². The van der Waals surface area contributed by atoms with E-state index in [4.69, 9.17) is 14.7 Å².